The van der Waals surface area contributed by atoms with Crippen LogP contribution >= 0.6 is 0 Å². The molecule has 0 radical (unpaired) electrons. The molecular weight excluding hydrogens is 274 g/mol. The average molecular weight is 295 g/mol. The van der Waals surface area contributed by atoms with Crippen LogP contribution in [0.15, 0.2) is 6.33 Å². The number of hydrogen-bond donors (Lipinski definition) is 1. The van der Waals surface area contributed by atoms with E-state index in [0.717, 1.165) is 19.4 Å². The maximum absolute atomic E-state index is 11.4. The summed E-state index contributed by atoms with van der Waals surface area (Å²) in [5.74, 6) is 0.617. The van der Waals surface area contributed by atoms with Crippen LogP contribution in [-0.4, -0.2) is 47.2 Å². The average Bonchev–Trinajstić information content (AvgIpc) is 2.47. The van der Waals surface area contributed by atoms with E-state index in [1.54, 1.807) is 7.11 Å². The first-order chi connectivity index (χ1) is 10.0. The highest BCUT2D eigenvalue weighted by atomic mass is 16.6. The summed E-state index contributed by atoms with van der Waals surface area (Å²) < 4.78 is 5.54. The Balaban J connectivity index is 2.38. The van der Waals surface area contributed by atoms with Crippen LogP contribution in [0.1, 0.15) is 26.7 Å². The quantitative estimate of drug-likeness (QED) is 0.654. The van der Waals surface area contributed by atoms with E-state index < -0.39 is 4.92 Å². The Hall–Kier alpha value is -1.96. The molecule has 1 atom stereocenters. The Bertz CT molecular complexity index is 525. The number of ether oxygens (including phenoxy) is 1. The van der Waals surface area contributed by atoms with Crippen molar-refractivity contribution in [1.82, 2.24) is 9.97 Å². The van der Waals surface area contributed by atoms with Crippen LogP contribution in [0.4, 0.5) is 17.3 Å². The van der Waals surface area contributed by atoms with Crippen molar-refractivity contribution in [3.63, 3.8) is 0 Å². The molecule has 1 unspecified atom stereocenters. The minimum absolute atomic E-state index is 0.0697. The van der Waals surface area contributed by atoms with E-state index in [0.29, 0.717) is 18.9 Å². The summed E-state index contributed by atoms with van der Waals surface area (Å²) in [7, 11) is 1.67. The number of hydrogen-bond acceptors (Lipinski definition) is 7. The summed E-state index contributed by atoms with van der Waals surface area (Å²) in [6.07, 6.45) is 3.19. The fourth-order valence-corrected chi connectivity index (χ4v) is 2.62. The smallest absolute Gasteiger partial charge is 0.353 e. The Kier molecular flexibility index (Phi) is 4.56. The molecule has 1 fully saturated rings. The number of nitrogens with zero attached hydrogens (tertiary/aromatic N) is 4. The molecule has 8 nitrogen and oxygen atoms in total. The van der Waals surface area contributed by atoms with Gasteiger partial charge in [0.25, 0.3) is 0 Å². The van der Waals surface area contributed by atoms with Gasteiger partial charge in [0.1, 0.15) is 6.33 Å². The summed E-state index contributed by atoms with van der Waals surface area (Å²) in [5, 5.41) is 14.3. The molecule has 2 heterocycles. The Morgan fingerprint density at radius 1 is 1.57 bits per heavy atom. The van der Waals surface area contributed by atoms with E-state index in [-0.39, 0.29) is 17.1 Å². The lowest BCUT2D eigenvalue weighted by atomic mass is 9.95. The molecule has 116 valence electrons. The molecule has 0 amide bonds. The van der Waals surface area contributed by atoms with Crippen LogP contribution in [0, 0.1) is 10.1 Å². The summed E-state index contributed by atoms with van der Waals surface area (Å²) >= 11 is 0. The highest BCUT2D eigenvalue weighted by Gasteiger charge is 2.35. The molecule has 21 heavy (non-hydrogen) atoms. The lowest BCUT2D eigenvalue weighted by Gasteiger charge is -2.39. The van der Waals surface area contributed by atoms with Crippen LogP contribution < -0.4 is 10.2 Å². The number of methoxy groups -OCH3 is 1. The van der Waals surface area contributed by atoms with Gasteiger partial charge in [-0.2, -0.15) is 0 Å². The van der Waals surface area contributed by atoms with Crippen molar-refractivity contribution in [2.75, 3.05) is 37.0 Å². The summed E-state index contributed by atoms with van der Waals surface area (Å²) in [6.45, 7) is 5.74. The maximum atomic E-state index is 11.4. The van der Waals surface area contributed by atoms with E-state index in [2.05, 4.69) is 15.3 Å². The van der Waals surface area contributed by atoms with E-state index in [1.165, 1.54) is 6.33 Å². The number of aromatic nitrogens is 2. The van der Waals surface area contributed by atoms with E-state index in [4.69, 9.17) is 4.74 Å². The minimum Gasteiger partial charge on any atom is -0.377 e. The van der Waals surface area contributed by atoms with Crippen molar-refractivity contribution in [2.24, 2.45) is 0 Å². The molecule has 1 saturated heterocycles. The van der Waals surface area contributed by atoms with Crippen LogP contribution in [0.3, 0.4) is 0 Å². The zero-order valence-electron chi connectivity index (χ0n) is 12.6. The maximum Gasteiger partial charge on any atom is 0.353 e. The molecule has 1 aromatic heterocycles. The first-order valence-electron chi connectivity index (χ1n) is 7.04. The van der Waals surface area contributed by atoms with E-state index >= 15 is 0 Å². The predicted molar refractivity (Wildman–Crippen MR) is 79.7 cm³/mol. The van der Waals surface area contributed by atoms with Gasteiger partial charge >= 0.3 is 5.69 Å². The lowest BCUT2D eigenvalue weighted by Crippen LogP contribution is -2.48. The van der Waals surface area contributed by atoms with Crippen LogP contribution in [0.25, 0.3) is 0 Å². The van der Waals surface area contributed by atoms with Gasteiger partial charge < -0.3 is 15.0 Å². The third-order valence-electron chi connectivity index (χ3n) is 3.78. The molecule has 0 saturated carbocycles. The highest BCUT2D eigenvalue weighted by molar-refractivity contribution is 5.70. The third kappa shape index (κ3) is 3.21. The van der Waals surface area contributed by atoms with Gasteiger partial charge in [-0.1, -0.05) is 0 Å². The van der Waals surface area contributed by atoms with Gasteiger partial charge in [-0.15, -0.1) is 0 Å². The lowest BCUT2D eigenvalue weighted by molar-refractivity contribution is -0.383. The topological polar surface area (TPSA) is 93.4 Å². The van der Waals surface area contributed by atoms with E-state index in [9.17, 15) is 10.1 Å². The summed E-state index contributed by atoms with van der Waals surface area (Å²) in [4.78, 5) is 21.0. The first kappa shape index (κ1) is 15.4. The van der Waals surface area contributed by atoms with Crippen molar-refractivity contribution in [2.45, 2.75) is 32.3 Å². The molecule has 0 bridgehead atoms. The second kappa shape index (κ2) is 6.21. The predicted octanol–water partition coefficient (Wildman–Crippen LogP) is 1.82. The number of anilines is 2. The van der Waals surface area contributed by atoms with Crippen molar-refractivity contribution in [3.8, 4) is 0 Å². The standard InChI is InChI=1S/C13H21N5O3/c1-4-14-11-10(18(19)20)12(16-9-15-11)17-7-5-6-13(2,8-17)21-3/h9H,4-8H2,1-3H3,(H,14,15,16). The Morgan fingerprint density at radius 2 is 2.33 bits per heavy atom. The Morgan fingerprint density at radius 3 is 2.95 bits per heavy atom. The molecule has 1 aromatic rings. The molecule has 0 aliphatic carbocycles. The van der Waals surface area contributed by atoms with Crippen molar-refractivity contribution < 1.29 is 9.66 Å². The van der Waals surface area contributed by atoms with Gasteiger partial charge in [0.2, 0.25) is 11.6 Å². The first-order valence-corrected chi connectivity index (χ1v) is 7.04. The van der Waals surface area contributed by atoms with Crippen LogP contribution in [-0.2, 0) is 4.74 Å². The second-order valence-electron chi connectivity index (χ2n) is 5.36. The van der Waals surface area contributed by atoms with Gasteiger partial charge in [-0.25, -0.2) is 9.97 Å². The van der Waals surface area contributed by atoms with E-state index in [1.807, 2.05) is 18.7 Å². The summed E-state index contributed by atoms with van der Waals surface area (Å²) in [6, 6.07) is 0. The second-order valence-corrected chi connectivity index (χ2v) is 5.36. The minimum atomic E-state index is -0.425. The Labute approximate surface area is 123 Å². The SMILES string of the molecule is CCNc1ncnc(N2CCCC(C)(OC)C2)c1[N+](=O)[O-]. The molecular formula is C13H21N5O3. The molecule has 1 aliphatic heterocycles. The van der Waals surface area contributed by atoms with Gasteiger partial charge in [0.15, 0.2) is 0 Å². The van der Waals surface area contributed by atoms with Gasteiger partial charge in [0.05, 0.1) is 10.5 Å². The van der Waals surface area contributed by atoms with Crippen LogP contribution in [0.5, 0.6) is 0 Å². The van der Waals surface area contributed by atoms with Crippen molar-refractivity contribution >= 4 is 17.3 Å². The number of piperidine rings is 1. The highest BCUT2D eigenvalue weighted by Crippen LogP contribution is 2.35. The normalized spacial score (nSPS) is 22.1. The van der Waals surface area contributed by atoms with Crippen molar-refractivity contribution in [3.05, 3.63) is 16.4 Å². The molecule has 2 rings (SSSR count). The zero-order chi connectivity index (χ0) is 15.5. The zero-order valence-corrected chi connectivity index (χ0v) is 12.6. The molecule has 0 aromatic carbocycles. The molecule has 1 N–H and O–H groups in total. The fourth-order valence-electron chi connectivity index (χ4n) is 2.62. The van der Waals surface area contributed by atoms with Crippen molar-refractivity contribution in [1.29, 1.82) is 0 Å². The summed E-state index contributed by atoms with van der Waals surface area (Å²) in [5.41, 5.74) is -0.380. The van der Waals surface area contributed by atoms with Crippen LogP contribution in [0.2, 0.25) is 0 Å². The van der Waals surface area contributed by atoms with Gasteiger partial charge in [-0.3, -0.25) is 10.1 Å². The fraction of sp³-hybridized carbons (Fsp3) is 0.692. The van der Waals surface area contributed by atoms with Gasteiger partial charge in [-0.05, 0) is 26.7 Å². The largest absolute Gasteiger partial charge is 0.377 e. The van der Waals surface area contributed by atoms with Gasteiger partial charge in [0, 0.05) is 26.7 Å². The molecule has 0 spiro atoms. The third-order valence-corrected chi connectivity index (χ3v) is 3.78. The number of nitro groups is 1. The molecule has 1 aliphatic rings. The molecule has 8 heteroatoms. The monoisotopic (exact) mass is 295 g/mol. The number of nitrogens with one attached hydrogen (secondary N) is 1. The number of rotatable bonds is 5.